The number of hydrogen-bond acceptors (Lipinski definition) is 3. The average Bonchev–Trinajstić information content (AvgIpc) is 2.46. The fourth-order valence-electron chi connectivity index (χ4n) is 1.63. The standard InChI is InChI=1S/C16H14O2S2/c1-12(11-13-7-3-2-4-8-13)19-20-15-10-6-5-9-14(15)16(17)18/h2-11H,1H3,(H,17,18)/b12-11+. The largest absolute Gasteiger partial charge is 0.478 e. The van der Waals surface area contributed by atoms with E-state index in [1.807, 2.05) is 49.4 Å². The highest BCUT2D eigenvalue weighted by Gasteiger charge is 2.09. The van der Waals surface area contributed by atoms with E-state index in [2.05, 4.69) is 6.08 Å². The third-order valence-electron chi connectivity index (χ3n) is 2.55. The van der Waals surface area contributed by atoms with Gasteiger partial charge >= 0.3 is 5.97 Å². The van der Waals surface area contributed by atoms with Crippen LogP contribution in [-0.4, -0.2) is 11.1 Å². The molecule has 1 N–H and O–H groups in total. The summed E-state index contributed by atoms with van der Waals surface area (Å²) in [6.07, 6.45) is 2.08. The highest BCUT2D eigenvalue weighted by Crippen LogP contribution is 2.38. The Bertz CT molecular complexity index is 621. The van der Waals surface area contributed by atoms with E-state index >= 15 is 0 Å². The van der Waals surface area contributed by atoms with E-state index in [-0.39, 0.29) is 0 Å². The number of allylic oxidation sites excluding steroid dienone is 1. The molecular weight excluding hydrogens is 288 g/mol. The van der Waals surface area contributed by atoms with Crippen LogP contribution in [0.25, 0.3) is 6.08 Å². The number of carbonyl (C=O) groups is 1. The topological polar surface area (TPSA) is 37.3 Å². The van der Waals surface area contributed by atoms with Gasteiger partial charge in [0.05, 0.1) is 5.56 Å². The second kappa shape index (κ2) is 7.22. The molecule has 0 radical (unpaired) electrons. The van der Waals surface area contributed by atoms with Crippen molar-refractivity contribution in [1.29, 1.82) is 0 Å². The highest BCUT2D eigenvalue weighted by atomic mass is 33.1. The number of aromatic carboxylic acids is 1. The summed E-state index contributed by atoms with van der Waals surface area (Å²) in [5, 5.41) is 9.13. The molecule has 2 rings (SSSR count). The van der Waals surface area contributed by atoms with Gasteiger partial charge in [0.25, 0.3) is 0 Å². The van der Waals surface area contributed by atoms with Crippen molar-refractivity contribution < 1.29 is 9.90 Å². The Kier molecular flexibility index (Phi) is 5.32. The van der Waals surface area contributed by atoms with Crippen LogP contribution in [0.3, 0.4) is 0 Å². The second-order valence-corrected chi connectivity index (χ2v) is 6.55. The minimum absolute atomic E-state index is 0.345. The van der Waals surface area contributed by atoms with Crippen molar-refractivity contribution in [2.24, 2.45) is 0 Å². The molecule has 2 aromatic rings. The first kappa shape index (κ1) is 14.8. The summed E-state index contributed by atoms with van der Waals surface area (Å²) < 4.78 is 0. The van der Waals surface area contributed by atoms with Crippen molar-refractivity contribution in [3.63, 3.8) is 0 Å². The Morgan fingerprint density at radius 2 is 1.70 bits per heavy atom. The summed E-state index contributed by atoms with van der Waals surface area (Å²) in [6, 6.07) is 17.1. The number of hydrogen-bond donors (Lipinski definition) is 1. The van der Waals surface area contributed by atoms with Gasteiger partial charge in [0.2, 0.25) is 0 Å². The van der Waals surface area contributed by atoms with Gasteiger partial charge in [-0.15, -0.1) is 0 Å². The molecule has 2 nitrogen and oxygen atoms in total. The average molecular weight is 302 g/mol. The maximum Gasteiger partial charge on any atom is 0.336 e. The van der Waals surface area contributed by atoms with Crippen LogP contribution < -0.4 is 0 Å². The van der Waals surface area contributed by atoms with E-state index < -0.39 is 5.97 Å². The second-order valence-electron chi connectivity index (χ2n) is 4.13. The predicted molar refractivity (Wildman–Crippen MR) is 86.9 cm³/mol. The van der Waals surface area contributed by atoms with Crippen LogP contribution in [0.5, 0.6) is 0 Å². The molecule has 0 aliphatic carbocycles. The van der Waals surface area contributed by atoms with Gasteiger partial charge in [0.15, 0.2) is 0 Å². The zero-order valence-corrected chi connectivity index (χ0v) is 12.6. The Balaban J connectivity index is 2.06. The van der Waals surface area contributed by atoms with Gasteiger partial charge in [0.1, 0.15) is 0 Å². The minimum atomic E-state index is -0.890. The molecule has 0 saturated carbocycles. The van der Waals surface area contributed by atoms with Crippen molar-refractivity contribution in [1.82, 2.24) is 0 Å². The quantitative estimate of drug-likeness (QED) is 0.772. The third kappa shape index (κ3) is 4.18. The highest BCUT2D eigenvalue weighted by molar-refractivity contribution is 8.78. The molecule has 0 unspecified atom stereocenters. The van der Waals surface area contributed by atoms with Gasteiger partial charge in [-0.2, -0.15) is 0 Å². The molecule has 20 heavy (non-hydrogen) atoms. The zero-order chi connectivity index (χ0) is 14.4. The van der Waals surface area contributed by atoms with Crippen LogP contribution in [0.1, 0.15) is 22.8 Å². The number of carboxylic acid groups (broad SMARTS) is 1. The molecule has 0 amide bonds. The lowest BCUT2D eigenvalue weighted by Crippen LogP contribution is -1.97. The number of benzene rings is 2. The van der Waals surface area contributed by atoms with Crippen molar-refractivity contribution in [3.05, 3.63) is 70.6 Å². The van der Waals surface area contributed by atoms with Crippen LogP contribution in [-0.2, 0) is 0 Å². The van der Waals surface area contributed by atoms with Gasteiger partial charge in [0, 0.05) is 4.90 Å². The summed E-state index contributed by atoms with van der Waals surface area (Å²) in [6.45, 7) is 2.02. The van der Waals surface area contributed by atoms with Gasteiger partial charge in [-0.1, -0.05) is 64.1 Å². The van der Waals surface area contributed by atoms with E-state index in [4.69, 9.17) is 5.11 Å². The molecule has 0 aliphatic rings. The van der Waals surface area contributed by atoms with Crippen LogP contribution in [0.4, 0.5) is 0 Å². The Hall–Kier alpha value is -1.65. The molecule has 0 aromatic heterocycles. The van der Waals surface area contributed by atoms with Gasteiger partial charge in [-0.05, 0) is 35.6 Å². The van der Waals surface area contributed by atoms with Gasteiger partial charge < -0.3 is 5.11 Å². The van der Waals surface area contributed by atoms with Crippen molar-refractivity contribution >= 4 is 33.6 Å². The van der Waals surface area contributed by atoms with Crippen LogP contribution in [0.2, 0.25) is 0 Å². The zero-order valence-electron chi connectivity index (χ0n) is 10.9. The van der Waals surface area contributed by atoms with E-state index in [1.54, 1.807) is 22.9 Å². The smallest absolute Gasteiger partial charge is 0.336 e. The Morgan fingerprint density at radius 3 is 2.40 bits per heavy atom. The van der Waals surface area contributed by atoms with Crippen molar-refractivity contribution in [3.8, 4) is 0 Å². The molecule has 2 aromatic carbocycles. The van der Waals surface area contributed by atoms with Crippen LogP contribution >= 0.6 is 21.6 Å². The maximum absolute atomic E-state index is 11.1. The first-order valence-corrected chi connectivity index (χ1v) is 8.22. The lowest BCUT2D eigenvalue weighted by atomic mass is 10.2. The van der Waals surface area contributed by atoms with E-state index in [0.717, 1.165) is 15.4 Å². The number of rotatable bonds is 5. The van der Waals surface area contributed by atoms with Crippen molar-refractivity contribution in [2.75, 3.05) is 0 Å². The lowest BCUT2D eigenvalue weighted by molar-refractivity contribution is 0.0693. The van der Waals surface area contributed by atoms with E-state index in [0.29, 0.717) is 5.56 Å². The molecule has 0 spiro atoms. The summed E-state index contributed by atoms with van der Waals surface area (Å²) in [5.41, 5.74) is 1.49. The SMILES string of the molecule is C/C(=C\c1ccccc1)SSc1ccccc1C(=O)O. The van der Waals surface area contributed by atoms with E-state index in [9.17, 15) is 4.79 Å². The van der Waals surface area contributed by atoms with Crippen LogP contribution in [0.15, 0.2) is 64.4 Å². The predicted octanol–water partition coefficient (Wildman–Crippen LogP) is 5.19. The summed E-state index contributed by atoms with van der Waals surface area (Å²) in [5.74, 6) is -0.890. The normalized spacial score (nSPS) is 11.3. The fraction of sp³-hybridized carbons (Fsp3) is 0.0625. The molecule has 0 aliphatic heterocycles. The summed E-state index contributed by atoms with van der Waals surface area (Å²) in [4.78, 5) is 13.0. The Morgan fingerprint density at radius 1 is 1.05 bits per heavy atom. The molecule has 0 bridgehead atoms. The summed E-state index contributed by atoms with van der Waals surface area (Å²) >= 11 is 0. The first-order valence-electron chi connectivity index (χ1n) is 6.07. The molecular formula is C16H14O2S2. The maximum atomic E-state index is 11.1. The molecule has 0 fully saturated rings. The molecule has 4 heteroatoms. The lowest BCUT2D eigenvalue weighted by Gasteiger charge is -2.05. The molecule has 0 atom stereocenters. The molecule has 102 valence electrons. The first-order chi connectivity index (χ1) is 9.66. The van der Waals surface area contributed by atoms with E-state index in [1.165, 1.54) is 10.8 Å². The molecule has 0 heterocycles. The Labute approximate surface area is 126 Å². The fourth-order valence-corrected chi connectivity index (χ4v) is 3.66. The summed E-state index contributed by atoms with van der Waals surface area (Å²) in [7, 11) is 3.04. The van der Waals surface area contributed by atoms with Crippen molar-refractivity contribution in [2.45, 2.75) is 11.8 Å². The van der Waals surface area contributed by atoms with Gasteiger partial charge in [-0.25, -0.2) is 4.79 Å². The molecule has 0 saturated heterocycles. The monoisotopic (exact) mass is 302 g/mol. The van der Waals surface area contributed by atoms with Gasteiger partial charge in [-0.3, -0.25) is 0 Å². The number of carboxylic acids is 1. The minimum Gasteiger partial charge on any atom is -0.478 e. The van der Waals surface area contributed by atoms with Crippen LogP contribution in [0, 0.1) is 0 Å². The third-order valence-corrected chi connectivity index (χ3v) is 5.13.